The predicted molar refractivity (Wildman–Crippen MR) is 193 cm³/mol. The van der Waals surface area contributed by atoms with Crippen molar-refractivity contribution in [2.75, 3.05) is 56.4 Å². The summed E-state index contributed by atoms with van der Waals surface area (Å²) in [6.45, 7) is 11.7. The Bertz CT molecular complexity index is 1660. The van der Waals surface area contributed by atoms with Gasteiger partial charge in [0.05, 0.1) is 54.6 Å². The van der Waals surface area contributed by atoms with E-state index in [-0.39, 0.29) is 61.7 Å². The van der Waals surface area contributed by atoms with Crippen molar-refractivity contribution in [2.24, 2.45) is 5.41 Å². The number of pyridine rings is 1. The number of ether oxygens (including phenoxy) is 3. The molecule has 1 saturated heterocycles. The molecule has 0 bridgehead atoms. The Morgan fingerprint density at radius 3 is 2.32 bits per heavy atom. The van der Waals surface area contributed by atoms with Crippen LogP contribution in [0.1, 0.15) is 65.5 Å². The minimum atomic E-state index is -5.14. The van der Waals surface area contributed by atoms with E-state index in [0.717, 1.165) is 29.9 Å². The highest BCUT2D eigenvalue weighted by atomic mass is 32.1. The van der Waals surface area contributed by atoms with Gasteiger partial charge in [-0.1, -0.05) is 20.8 Å². The molecule has 1 aromatic heterocycles. The number of aromatic nitrogens is 1. The Morgan fingerprint density at radius 1 is 1.11 bits per heavy atom. The number of anilines is 2. The highest BCUT2D eigenvalue weighted by molar-refractivity contribution is 7.80. The molecule has 290 valence electrons. The third-order valence-electron chi connectivity index (χ3n) is 8.55. The molecule has 2 atom stereocenters. The van der Waals surface area contributed by atoms with E-state index in [2.05, 4.69) is 10.3 Å². The summed E-state index contributed by atoms with van der Waals surface area (Å²) in [5.74, 6) is -1.99. The van der Waals surface area contributed by atoms with E-state index in [1.54, 1.807) is 0 Å². The molecular weight excluding hydrogens is 720 g/mol. The van der Waals surface area contributed by atoms with Gasteiger partial charge in [-0.05, 0) is 69.4 Å². The van der Waals surface area contributed by atoms with Crippen LogP contribution in [-0.4, -0.2) is 97.3 Å². The first kappa shape index (κ1) is 43.0. The number of benzene rings is 1. The average Bonchev–Trinajstić information content (AvgIpc) is 3.52. The standard InChI is InChI=1S/C36H46F4N6O6S/c1-23-9-8-14-45(23)32(49)31(34(2,3)4)43-27(48)21-51-16-15-50-17-18-52-28-13-11-25(20-42-28)46(35(5,6)22-47)33(53)44(7)26-12-10-24(19-41)29(30(26)37)36(38,39)40/h10-13,20,22-23,31H,8-9,14-18,21H2,1-7H3,(H,43,48). The van der Waals surface area contributed by atoms with Gasteiger partial charge in [-0.2, -0.15) is 18.4 Å². The lowest BCUT2D eigenvalue weighted by molar-refractivity contribution is -0.141. The summed E-state index contributed by atoms with van der Waals surface area (Å²) in [5, 5.41) is 11.7. The van der Waals surface area contributed by atoms with Gasteiger partial charge in [0.25, 0.3) is 0 Å². The fourth-order valence-electron chi connectivity index (χ4n) is 5.65. The van der Waals surface area contributed by atoms with Gasteiger partial charge in [0.1, 0.15) is 31.1 Å². The zero-order valence-electron chi connectivity index (χ0n) is 30.9. The molecule has 0 spiro atoms. The maximum Gasteiger partial charge on any atom is 0.420 e. The lowest BCUT2D eigenvalue weighted by atomic mass is 9.85. The van der Waals surface area contributed by atoms with Crippen LogP contribution in [0.15, 0.2) is 30.5 Å². The predicted octanol–water partition coefficient (Wildman–Crippen LogP) is 5.27. The maximum atomic E-state index is 15.2. The van der Waals surface area contributed by atoms with Crippen LogP contribution >= 0.6 is 12.2 Å². The second-order valence-corrected chi connectivity index (χ2v) is 14.5. The fourth-order valence-corrected chi connectivity index (χ4v) is 6.09. The molecule has 1 aliphatic heterocycles. The number of rotatable bonds is 15. The van der Waals surface area contributed by atoms with Crippen LogP contribution in [0.4, 0.5) is 28.9 Å². The summed E-state index contributed by atoms with van der Waals surface area (Å²) in [4.78, 5) is 46.1. The van der Waals surface area contributed by atoms with Crippen LogP contribution < -0.4 is 19.9 Å². The molecule has 12 nitrogen and oxygen atoms in total. The number of likely N-dealkylation sites (tertiary alicyclic amines) is 1. The number of alkyl halides is 3. The molecule has 17 heteroatoms. The normalized spacial score (nSPS) is 15.4. The Labute approximate surface area is 312 Å². The van der Waals surface area contributed by atoms with E-state index >= 15 is 4.39 Å². The molecule has 0 aliphatic carbocycles. The molecule has 2 aromatic rings. The molecule has 2 heterocycles. The van der Waals surface area contributed by atoms with E-state index in [4.69, 9.17) is 31.7 Å². The van der Waals surface area contributed by atoms with Crippen molar-refractivity contribution >= 4 is 46.8 Å². The summed E-state index contributed by atoms with van der Waals surface area (Å²) in [7, 11) is 1.24. The Hall–Kier alpha value is -4.40. The van der Waals surface area contributed by atoms with Crippen LogP contribution in [0.2, 0.25) is 0 Å². The number of amides is 2. The first-order valence-corrected chi connectivity index (χ1v) is 17.3. The van der Waals surface area contributed by atoms with E-state index in [1.807, 2.05) is 32.6 Å². The quantitative estimate of drug-likeness (QED) is 0.110. The van der Waals surface area contributed by atoms with E-state index in [1.165, 1.54) is 50.2 Å². The van der Waals surface area contributed by atoms with Gasteiger partial charge in [-0.25, -0.2) is 9.37 Å². The number of carbonyl (C=O) groups is 3. The second-order valence-electron chi connectivity index (χ2n) is 14.1. The van der Waals surface area contributed by atoms with Gasteiger partial charge in [0, 0.05) is 25.7 Å². The number of thiocarbonyl (C=S) groups is 1. The minimum absolute atomic E-state index is 0.0937. The highest BCUT2D eigenvalue weighted by Gasteiger charge is 2.41. The van der Waals surface area contributed by atoms with Crippen molar-refractivity contribution in [3.8, 4) is 11.9 Å². The summed E-state index contributed by atoms with van der Waals surface area (Å²) < 4.78 is 72.7. The highest BCUT2D eigenvalue weighted by Crippen LogP contribution is 2.38. The molecule has 1 N–H and O–H groups in total. The minimum Gasteiger partial charge on any atom is -0.475 e. The number of hydrogen-bond donors (Lipinski definition) is 1. The third kappa shape index (κ3) is 11.1. The lowest BCUT2D eigenvalue weighted by Gasteiger charge is -2.39. The van der Waals surface area contributed by atoms with Crippen LogP contribution in [0.3, 0.4) is 0 Å². The number of nitrogens with zero attached hydrogens (tertiary/aromatic N) is 5. The first-order valence-electron chi connectivity index (χ1n) is 16.9. The summed E-state index contributed by atoms with van der Waals surface area (Å²) >= 11 is 5.53. The number of carbonyl (C=O) groups excluding carboxylic acids is 3. The first-order chi connectivity index (χ1) is 24.7. The molecule has 3 rings (SSSR count). The number of hydrogen-bond acceptors (Lipinski definition) is 9. The molecular formula is C36H46F4N6O6S. The Morgan fingerprint density at radius 2 is 1.77 bits per heavy atom. The second kappa shape index (κ2) is 18.1. The number of nitrogens with one attached hydrogen (secondary N) is 1. The van der Waals surface area contributed by atoms with Crippen molar-refractivity contribution in [2.45, 2.75) is 78.2 Å². The molecule has 1 aromatic carbocycles. The lowest BCUT2D eigenvalue weighted by Crippen LogP contribution is -2.56. The maximum absolute atomic E-state index is 15.2. The third-order valence-corrected chi connectivity index (χ3v) is 9.00. The van der Waals surface area contributed by atoms with Gasteiger partial charge in [0.15, 0.2) is 10.9 Å². The molecule has 0 radical (unpaired) electrons. The van der Waals surface area contributed by atoms with Gasteiger partial charge >= 0.3 is 6.18 Å². The van der Waals surface area contributed by atoms with Gasteiger partial charge in [-0.3, -0.25) is 9.59 Å². The van der Waals surface area contributed by atoms with Crippen molar-refractivity contribution in [1.29, 1.82) is 5.26 Å². The van der Waals surface area contributed by atoms with Crippen molar-refractivity contribution in [1.82, 2.24) is 15.2 Å². The van der Waals surface area contributed by atoms with Crippen LogP contribution in [0.25, 0.3) is 0 Å². The Kier molecular flexibility index (Phi) is 14.7. The fraction of sp³-hybridized carbons (Fsp3) is 0.556. The summed E-state index contributed by atoms with van der Waals surface area (Å²) in [6, 6.07) is 5.67. The monoisotopic (exact) mass is 766 g/mol. The van der Waals surface area contributed by atoms with E-state index < -0.39 is 51.7 Å². The average molecular weight is 767 g/mol. The zero-order valence-corrected chi connectivity index (χ0v) is 31.7. The van der Waals surface area contributed by atoms with Crippen molar-refractivity contribution in [3.05, 3.63) is 47.4 Å². The SMILES string of the molecule is CC1CCCN1C(=O)C(NC(=O)COCCOCCOc1ccc(N(C(=S)N(C)c2ccc(C#N)c(C(F)(F)F)c2F)C(C)(C)C=O)cn1)C(C)(C)C. The van der Waals surface area contributed by atoms with Crippen molar-refractivity contribution < 1.29 is 46.2 Å². The number of halogens is 4. The smallest absolute Gasteiger partial charge is 0.420 e. The van der Waals surface area contributed by atoms with Crippen molar-refractivity contribution in [3.63, 3.8) is 0 Å². The van der Waals surface area contributed by atoms with Gasteiger partial charge in [-0.15, -0.1) is 0 Å². The Balaban J connectivity index is 1.51. The van der Waals surface area contributed by atoms with E-state index in [0.29, 0.717) is 12.8 Å². The molecule has 1 fully saturated rings. The molecule has 2 amide bonds. The topological polar surface area (TPSA) is 137 Å². The zero-order chi connectivity index (χ0) is 39.7. The molecule has 53 heavy (non-hydrogen) atoms. The summed E-state index contributed by atoms with van der Waals surface area (Å²) in [5.41, 5.74) is -4.72. The van der Waals surface area contributed by atoms with Crippen LogP contribution in [0.5, 0.6) is 5.88 Å². The number of nitriles is 1. The molecule has 1 aliphatic rings. The van der Waals surface area contributed by atoms with Crippen LogP contribution in [0, 0.1) is 22.6 Å². The molecule has 0 saturated carbocycles. The van der Waals surface area contributed by atoms with E-state index in [9.17, 15) is 27.6 Å². The van der Waals surface area contributed by atoms with Gasteiger partial charge < -0.3 is 39.0 Å². The summed E-state index contributed by atoms with van der Waals surface area (Å²) in [6.07, 6.45) is -1.36. The molecule has 2 unspecified atom stereocenters. The van der Waals surface area contributed by atoms with Gasteiger partial charge in [0.2, 0.25) is 17.7 Å². The number of aldehydes is 1. The largest absolute Gasteiger partial charge is 0.475 e. The van der Waals surface area contributed by atoms with Crippen LogP contribution in [-0.2, 0) is 30.0 Å².